The number of amides is 1. The molecule has 1 heterocycles. The number of hydrogen-bond donors (Lipinski definition) is 0. The molecule has 0 spiro atoms. The van der Waals surface area contributed by atoms with Crippen LogP contribution >= 0.6 is 11.6 Å². The van der Waals surface area contributed by atoms with E-state index in [1.165, 1.54) is 0 Å². The van der Waals surface area contributed by atoms with Gasteiger partial charge in [0.25, 0.3) is 0 Å². The Morgan fingerprint density at radius 2 is 1.86 bits per heavy atom. The third-order valence-electron chi connectivity index (χ3n) is 5.88. The van der Waals surface area contributed by atoms with Crippen LogP contribution in [0.4, 0.5) is 0 Å². The number of hydrogen-bond acceptors (Lipinski definition) is 4. The molecule has 1 atom stereocenters. The van der Waals surface area contributed by atoms with E-state index < -0.39 is 5.54 Å². The lowest BCUT2D eigenvalue weighted by molar-refractivity contribution is -0.147. The van der Waals surface area contributed by atoms with Crippen molar-refractivity contribution in [2.75, 3.05) is 20.3 Å². The summed E-state index contributed by atoms with van der Waals surface area (Å²) in [7, 11) is 1.72. The monoisotopic (exact) mass is 413 g/mol. The molecule has 6 heteroatoms. The molecule has 0 saturated heterocycles. The van der Waals surface area contributed by atoms with E-state index in [0.717, 1.165) is 18.4 Å². The Kier molecular flexibility index (Phi) is 5.50. The van der Waals surface area contributed by atoms with Crippen LogP contribution in [0, 0.1) is 0 Å². The third-order valence-corrected chi connectivity index (χ3v) is 6.21. The van der Waals surface area contributed by atoms with E-state index in [9.17, 15) is 9.59 Å². The fraction of sp³-hybridized carbons (Fsp3) is 0.391. The minimum Gasteiger partial charge on any atom is -0.486 e. The van der Waals surface area contributed by atoms with Gasteiger partial charge in [0.05, 0.1) is 6.42 Å². The van der Waals surface area contributed by atoms with Crippen LogP contribution in [0.2, 0.25) is 5.02 Å². The Morgan fingerprint density at radius 3 is 2.62 bits per heavy atom. The number of halogens is 1. The average Bonchev–Trinajstić information content (AvgIpc) is 2.74. The summed E-state index contributed by atoms with van der Waals surface area (Å²) in [4.78, 5) is 28.0. The lowest BCUT2D eigenvalue weighted by Crippen LogP contribution is -2.54. The Balaban J connectivity index is 1.64. The zero-order valence-corrected chi connectivity index (χ0v) is 17.2. The van der Waals surface area contributed by atoms with Crippen molar-refractivity contribution in [3.05, 3.63) is 58.6 Å². The highest BCUT2D eigenvalue weighted by atomic mass is 35.5. The minimum absolute atomic E-state index is 0.0508. The smallest absolute Gasteiger partial charge is 0.227 e. The van der Waals surface area contributed by atoms with Crippen molar-refractivity contribution in [1.82, 2.24) is 4.90 Å². The summed E-state index contributed by atoms with van der Waals surface area (Å²) < 4.78 is 11.2. The largest absolute Gasteiger partial charge is 0.486 e. The fourth-order valence-corrected chi connectivity index (χ4v) is 4.63. The summed E-state index contributed by atoms with van der Waals surface area (Å²) in [6.07, 6.45) is 2.92. The third kappa shape index (κ3) is 3.60. The minimum atomic E-state index is -1.01. The van der Waals surface area contributed by atoms with Gasteiger partial charge in [0.1, 0.15) is 18.8 Å². The number of carbonyl (C=O) groups excluding carboxylic acids is 2. The highest BCUT2D eigenvalue weighted by Gasteiger charge is 2.47. The maximum absolute atomic E-state index is 13.3. The first kappa shape index (κ1) is 19.8. The molecule has 1 aliphatic carbocycles. The topological polar surface area (TPSA) is 55.8 Å². The van der Waals surface area contributed by atoms with Gasteiger partial charge in [0, 0.05) is 24.1 Å². The maximum atomic E-state index is 13.3. The van der Waals surface area contributed by atoms with E-state index in [4.69, 9.17) is 21.1 Å². The first-order valence-electron chi connectivity index (χ1n) is 9.96. The number of likely N-dealkylation sites (N-methyl/N-ethyl adjacent to an activating group) is 1. The normalized spacial score (nSPS) is 21.0. The first-order valence-corrected chi connectivity index (χ1v) is 10.3. The number of nitrogens with zero attached hydrogens (tertiary/aromatic N) is 1. The summed E-state index contributed by atoms with van der Waals surface area (Å²) >= 11 is 6.48. The van der Waals surface area contributed by atoms with Gasteiger partial charge in [0.15, 0.2) is 17.3 Å². The van der Waals surface area contributed by atoms with Gasteiger partial charge >= 0.3 is 0 Å². The van der Waals surface area contributed by atoms with Crippen molar-refractivity contribution >= 4 is 23.3 Å². The second kappa shape index (κ2) is 8.07. The SMILES string of the molecule is CN(C(=O)Cc1ccc2c(c1)OCCO2)C1(c2ccccc2Cl)CCCCC1=O. The van der Waals surface area contributed by atoms with Gasteiger partial charge in [-0.1, -0.05) is 35.9 Å². The molecule has 1 saturated carbocycles. The predicted octanol–water partition coefficient (Wildman–Crippen LogP) is 4.15. The Labute approximate surface area is 175 Å². The van der Waals surface area contributed by atoms with E-state index in [1.807, 2.05) is 36.4 Å². The second-order valence-corrected chi connectivity index (χ2v) is 7.99. The van der Waals surface area contributed by atoms with Crippen LogP contribution in [-0.2, 0) is 21.5 Å². The number of carbonyl (C=O) groups is 2. The number of benzene rings is 2. The van der Waals surface area contributed by atoms with Crippen molar-refractivity contribution in [1.29, 1.82) is 0 Å². The molecule has 152 valence electrons. The summed E-state index contributed by atoms with van der Waals surface area (Å²) in [5, 5.41) is 0.515. The van der Waals surface area contributed by atoms with E-state index >= 15 is 0 Å². The van der Waals surface area contributed by atoms with Crippen molar-refractivity contribution < 1.29 is 19.1 Å². The summed E-state index contributed by atoms with van der Waals surface area (Å²) in [6, 6.07) is 12.9. The Hall–Kier alpha value is -2.53. The first-order chi connectivity index (χ1) is 14.0. The molecule has 0 N–H and O–H groups in total. The molecule has 0 bridgehead atoms. The van der Waals surface area contributed by atoms with E-state index in [0.29, 0.717) is 48.1 Å². The molecule has 5 nitrogen and oxygen atoms in total. The van der Waals surface area contributed by atoms with Gasteiger partial charge in [-0.05, 0) is 43.0 Å². The molecule has 2 aromatic carbocycles. The summed E-state index contributed by atoms with van der Waals surface area (Å²) in [5.41, 5.74) is 0.523. The summed E-state index contributed by atoms with van der Waals surface area (Å²) in [5.74, 6) is 1.27. The molecule has 0 radical (unpaired) electrons. The number of ketones is 1. The van der Waals surface area contributed by atoms with E-state index in [1.54, 1.807) is 18.0 Å². The second-order valence-electron chi connectivity index (χ2n) is 7.58. The van der Waals surface area contributed by atoms with Crippen LogP contribution in [0.15, 0.2) is 42.5 Å². The van der Waals surface area contributed by atoms with Crippen LogP contribution in [0.1, 0.15) is 36.8 Å². The van der Waals surface area contributed by atoms with Crippen LogP contribution in [-0.4, -0.2) is 36.9 Å². The van der Waals surface area contributed by atoms with Crippen molar-refractivity contribution in [3.8, 4) is 11.5 Å². The van der Waals surface area contributed by atoms with Gasteiger partial charge in [-0.25, -0.2) is 0 Å². The standard InChI is InChI=1S/C23H24ClNO4/c1-25(22(27)15-16-9-10-19-20(14-16)29-13-12-28-19)23(11-5-4-8-21(23)26)17-6-2-3-7-18(17)24/h2-3,6-7,9-10,14H,4-5,8,11-13,15H2,1H3. The lowest BCUT2D eigenvalue weighted by Gasteiger charge is -2.44. The molecule has 1 amide bonds. The maximum Gasteiger partial charge on any atom is 0.227 e. The number of rotatable bonds is 4. The summed E-state index contributed by atoms with van der Waals surface area (Å²) in [6.45, 7) is 1.02. The van der Waals surface area contributed by atoms with Gasteiger partial charge in [-0.15, -0.1) is 0 Å². The molecule has 1 aliphatic heterocycles. The molecule has 29 heavy (non-hydrogen) atoms. The molecule has 0 aromatic heterocycles. The number of Topliss-reactive ketones (excluding diaryl/α,β-unsaturated/α-hetero) is 1. The molecular weight excluding hydrogens is 390 g/mol. The van der Waals surface area contributed by atoms with Crippen molar-refractivity contribution in [2.24, 2.45) is 0 Å². The molecular formula is C23H24ClNO4. The van der Waals surface area contributed by atoms with Gasteiger partial charge < -0.3 is 14.4 Å². The predicted molar refractivity (Wildman–Crippen MR) is 111 cm³/mol. The van der Waals surface area contributed by atoms with Gasteiger partial charge in [-0.3, -0.25) is 9.59 Å². The van der Waals surface area contributed by atoms with E-state index in [2.05, 4.69) is 0 Å². The zero-order chi connectivity index (χ0) is 20.4. The Morgan fingerprint density at radius 1 is 1.10 bits per heavy atom. The average molecular weight is 414 g/mol. The van der Waals surface area contributed by atoms with Crippen LogP contribution in [0.3, 0.4) is 0 Å². The zero-order valence-electron chi connectivity index (χ0n) is 16.4. The van der Waals surface area contributed by atoms with Crippen LogP contribution in [0.25, 0.3) is 0 Å². The van der Waals surface area contributed by atoms with Gasteiger partial charge in [-0.2, -0.15) is 0 Å². The fourth-order valence-electron chi connectivity index (χ4n) is 4.33. The van der Waals surface area contributed by atoms with Gasteiger partial charge in [0.2, 0.25) is 5.91 Å². The molecule has 2 aliphatic rings. The quantitative estimate of drug-likeness (QED) is 0.755. The van der Waals surface area contributed by atoms with Crippen LogP contribution in [0.5, 0.6) is 11.5 Å². The van der Waals surface area contributed by atoms with Crippen molar-refractivity contribution in [3.63, 3.8) is 0 Å². The number of ether oxygens (including phenoxy) is 2. The highest BCUT2D eigenvalue weighted by Crippen LogP contribution is 2.42. The van der Waals surface area contributed by atoms with E-state index in [-0.39, 0.29) is 18.1 Å². The molecule has 1 unspecified atom stereocenters. The lowest BCUT2D eigenvalue weighted by atomic mass is 9.74. The molecule has 1 fully saturated rings. The Bertz CT molecular complexity index is 944. The molecule has 4 rings (SSSR count). The van der Waals surface area contributed by atoms with Crippen molar-refractivity contribution in [2.45, 2.75) is 37.6 Å². The van der Waals surface area contributed by atoms with Crippen LogP contribution < -0.4 is 9.47 Å². The highest BCUT2D eigenvalue weighted by molar-refractivity contribution is 6.31. The number of fused-ring (bicyclic) bond motifs is 1. The molecule has 2 aromatic rings.